The van der Waals surface area contributed by atoms with E-state index in [1.807, 2.05) is 11.3 Å². The molecule has 28 heavy (non-hydrogen) atoms. The van der Waals surface area contributed by atoms with Gasteiger partial charge in [-0.25, -0.2) is 9.37 Å². The summed E-state index contributed by atoms with van der Waals surface area (Å²) in [4.78, 5) is 7.07. The van der Waals surface area contributed by atoms with Gasteiger partial charge >= 0.3 is 0 Å². The molecular formula is C22H20FN5. The van der Waals surface area contributed by atoms with Gasteiger partial charge in [0, 0.05) is 23.9 Å². The minimum Gasteiger partial charge on any atom is -0.329 e. The summed E-state index contributed by atoms with van der Waals surface area (Å²) < 4.78 is 15.3. The Morgan fingerprint density at radius 3 is 2.57 bits per heavy atom. The van der Waals surface area contributed by atoms with Crippen molar-refractivity contribution in [3.8, 4) is 11.4 Å². The average Bonchev–Trinajstić information content (AvgIpc) is 3.12. The molecule has 0 N–H and O–H groups in total. The summed E-state index contributed by atoms with van der Waals surface area (Å²) in [5.74, 6) is 2.46. The highest BCUT2D eigenvalue weighted by atomic mass is 19.1. The largest absolute Gasteiger partial charge is 0.329 e. The standard InChI is InChI=1S/C22H20FN5/c1-13-12-18-21(27(3)19-7-5-4-6-17(13)19)24-14(2)28-20(25-26-22(18)28)15-8-10-16(23)11-9-15/h4-11,13H,12H2,1-3H3. The van der Waals surface area contributed by atoms with Gasteiger partial charge in [0.2, 0.25) is 0 Å². The fourth-order valence-corrected chi connectivity index (χ4v) is 4.14. The average molecular weight is 373 g/mol. The van der Waals surface area contributed by atoms with E-state index in [9.17, 15) is 4.39 Å². The van der Waals surface area contributed by atoms with E-state index in [-0.39, 0.29) is 5.82 Å². The minimum absolute atomic E-state index is 0.269. The van der Waals surface area contributed by atoms with Gasteiger partial charge in [-0.2, -0.15) is 0 Å². The van der Waals surface area contributed by atoms with Crippen LogP contribution in [0, 0.1) is 12.7 Å². The zero-order valence-corrected chi connectivity index (χ0v) is 16.0. The van der Waals surface area contributed by atoms with Crippen LogP contribution in [0.15, 0.2) is 48.5 Å². The Balaban J connectivity index is 1.76. The van der Waals surface area contributed by atoms with Crippen molar-refractivity contribution in [3.63, 3.8) is 0 Å². The molecule has 140 valence electrons. The van der Waals surface area contributed by atoms with Crippen molar-refractivity contribution in [2.45, 2.75) is 26.2 Å². The fourth-order valence-electron chi connectivity index (χ4n) is 4.14. The molecule has 5 rings (SSSR count). The van der Waals surface area contributed by atoms with Crippen molar-refractivity contribution in [1.82, 2.24) is 19.6 Å². The Labute approximate surface area is 162 Å². The lowest BCUT2D eigenvalue weighted by Crippen LogP contribution is -2.15. The number of nitrogens with zero attached hydrogens (tertiary/aromatic N) is 5. The minimum atomic E-state index is -0.269. The van der Waals surface area contributed by atoms with Crippen molar-refractivity contribution in [2.75, 3.05) is 11.9 Å². The summed E-state index contributed by atoms with van der Waals surface area (Å²) in [6.45, 7) is 4.19. The van der Waals surface area contributed by atoms with Crippen LogP contribution in [0.2, 0.25) is 0 Å². The van der Waals surface area contributed by atoms with E-state index in [4.69, 9.17) is 4.98 Å². The zero-order chi connectivity index (χ0) is 19.4. The Kier molecular flexibility index (Phi) is 3.69. The van der Waals surface area contributed by atoms with Gasteiger partial charge in [-0.3, -0.25) is 4.40 Å². The van der Waals surface area contributed by atoms with Crippen LogP contribution >= 0.6 is 0 Å². The quantitative estimate of drug-likeness (QED) is 0.487. The van der Waals surface area contributed by atoms with Crippen molar-refractivity contribution in [1.29, 1.82) is 0 Å². The van der Waals surface area contributed by atoms with Crippen LogP contribution in [0.3, 0.4) is 0 Å². The van der Waals surface area contributed by atoms with Gasteiger partial charge in [-0.15, -0.1) is 10.2 Å². The molecule has 0 radical (unpaired) electrons. The van der Waals surface area contributed by atoms with Crippen LogP contribution in [0.4, 0.5) is 15.9 Å². The monoisotopic (exact) mass is 373 g/mol. The number of benzene rings is 2. The molecular weight excluding hydrogens is 353 g/mol. The molecule has 0 fully saturated rings. The van der Waals surface area contributed by atoms with E-state index in [0.29, 0.717) is 11.7 Å². The molecule has 0 amide bonds. The lowest BCUT2D eigenvalue weighted by atomic mass is 9.94. The third-order valence-electron chi connectivity index (χ3n) is 5.55. The van der Waals surface area contributed by atoms with Gasteiger partial charge in [-0.05, 0) is 55.2 Å². The van der Waals surface area contributed by atoms with E-state index in [1.165, 1.54) is 23.4 Å². The molecule has 0 spiro atoms. The number of aryl methyl sites for hydroxylation is 1. The van der Waals surface area contributed by atoms with Gasteiger partial charge < -0.3 is 4.90 Å². The third kappa shape index (κ3) is 2.41. The summed E-state index contributed by atoms with van der Waals surface area (Å²) in [5, 5.41) is 8.94. The maximum absolute atomic E-state index is 13.3. The normalized spacial score (nSPS) is 16.0. The predicted octanol–water partition coefficient (Wildman–Crippen LogP) is 4.67. The molecule has 5 nitrogen and oxygen atoms in total. The van der Waals surface area contributed by atoms with Crippen LogP contribution < -0.4 is 4.90 Å². The molecule has 1 unspecified atom stereocenters. The number of para-hydroxylation sites is 1. The van der Waals surface area contributed by atoms with E-state index >= 15 is 0 Å². The third-order valence-corrected chi connectivity index (χ3v) is 5.55. The first-order valence-corrected chi connectivity index (χ1v) is 9.38. The van der Waals surface area contributed by atoms with Crippen molar-refractivity contribution >= 4 is 17.2 Å². The maximum atomic E-state index is 13.3. The van der Waals surface area contributed by atoms with Crippen molar-refractivity contribution < 1.29 is 4.39 Å². The summed E-state index contributed by atoms with van der Waals surface area (Å²) in [6.07, 6.45) is 0.828. The smallest absolute Gasteiger partial charge is 0.169 e. The molecule has 0 saturated heterocycles. The van der Waals surface area contributed by atoms with Crippen molar-refractivity contribution in [3.05, 3.63) is 71.3 Å². The number of aromatic nitrogens is 4. The number of hydrogen-bond donors (Lipinski definition) is 0. The van der Waals surface area contributed by atoms with E-state index in [0.717, 1.165) is 34.8 Å². The Hall–Kier alpha value is -3.28. The second-order valence-electron chi connectivity index (χ2n) is 7.37. The van der Waals surface area contributed by atoms with Crippen LogP contribution in [-0.2, 0) is 6.42 Å². The molecule has 2 aromatic carbocycles. The highest BCUT2D eigenvalue weighted by molar-refractivity contribution is 5.75. The first-order valence-electron chi connectivity index (χ1n) is 9.38. The van der Waals surface area contributed by atoms with E-state index < -0.39 is 0 Å². The highest BCUT2D eigenvalue weighted by Crippen LogP contribution is 2.40. The number of hydrogen-bond acceptors (Lipinski definition) is 4. The molecule has 0 aliphatic carbocycles. The van der Waals surface area contributed by atoms with Gasteiger partial charge in [0.05, 0.1) is 0 Å². The second kappa shape index (κ2) is 6.12. The number of halogens is 1. The molecule has 1 atom stereocenters. The first-order chi connectivity index (χ1) is 13.5. The SMILES string of the molecule is Cc1nc2c(c3nnc(-c4ccc(F)cc4)n13)CC(C)c1ccccc1N2C. The molecule has 2 aromatic heterocycles. The molecule has 3 heterocycles. The summed E-state index contributed by atoms with van der Waals surface area (Å²) >= 11 is 0. The fraction of sp³-hybridized carbons (Fsp3) is 0.227. The van der Waals surface area contributed by atoms with E-state index in [1.54, 1.807) is 12.1 Å². The summed E-state index contributed by atoms with van der Waals surface area (Å²) in [6, 6.07) is 14.8. The van der Waals surface area contributed by atoms with Crippen molar-refractivity contribution in [2.24, 2.45) is 0 Å². The van der Waals surface area contributed by atoms with E-state index in [2.05, 4.69) is 53.3 Å². The maximum Gasteiger partial charge on any atom is 0.169 e. The second-order valence-corrected chi connectivity index (χ2v) is 7.37. The van der Waals surface area contributed by atoms with Crippen LogP contribution in [-0.4, -0.2) is 26.6 Å². The molecule has 1 aliphatic rings. The Morgan fingerprint density at radius 1 is 1.04 bits per heavy atom. The lowest BCUT2D eigenvalue weighted by molar-refractivity contribution is 0.628. The van der Waals surface area contributed by atoms with Gasteiger partial charge in [0.15, 0.2) is 11.5 Å². The number of rotatable bonds is 1. The van der Waals surface area contributed by atoms with Gasteiger partial charge in [-0.1, -0.05) is 25.1 Å². The summed E-state index contributed by atoms with van der Waals surface area (Å²) in [5.41, 5.74) is 5.18. The summed E-state index contributed by atoms with van der Waals surface area (Å²) in [7, 11) is 2.05. The molecule has 4 aromatic rings. The molecule has 0 saturated carbocycles. The predicted molar refractivity (Wildman–Crippen MR) is 108 cm³/mol. The Morgan fingerprint density at radius 2 is 1.79 bits per heavy atom. The van der Waals surface area contributed by atoms with Gasteiger partial charge in [0.25, 0.3) is 0 Å². The topological polar surface area (TPSA) is 46.3 Å². The Bertz CT molecular complexity index is 1200. The highest BCUT2D eigenvalue weighted by Gasteiger charge is 2.27. The first kappa shape index (κ1) is 16.9. The lowest BCUT2D eigenvalue weighted by Gasteiger charge is -2.21. The van der Waals surface area contributed by atoms with Gasteiger partial charge in [0.1, 0.15) is 17.5 Å². The zero-order valence-electron chi connectivity index (χ0n) is 16.0. The molecule has 6 heteroatoms. The molecule has 0 bridgehead atoms. The van der Waals surface area contributed by atoms with Crippen LogP contribution in [0.1, 0.15) is 29.8 Å². The molecule has 1 aliphatic heterocycles. The number of fused-ring (bicyclic) bond motifs is 4. The van der Waals surface area contributed by atoms with Crippen LogP contribution in [0.5, 0.6) is 0 Å². The van der Waals surface area contributed by atoms with Crippen LogP contribution in [0.25, 0.3) is 17.0 Å². The number of anilines is 2.